The quantitative estimate of drug-likeness (QED) is 0.717. The zero-order valence-electron chi connectivity index (χ0n) is 8.83. The highest BCUT2D eigenvalue weighted by molar-refractivity contribution is 8.00. The third-order valence-corrected chi connectivity index (χ3v) is 3.57. The molecule has 1 atom stereocenters. The second-order valence-electron chi connectivity index (χ2n) is 3.30. The Morgan fingerprint density at radius 2 is 2.36 bits per heavy atom. The van der Waals surface area contributed by atoms with E-state index in [-0.39, 0.29) is 0 Å². The molecule has 0 aliphatic carbocycles. The highest BCUT2D eigenvalue weighted by Gasteiger charge is 2.14. The fourth-order valence-electron chi connectivity index (χ4n) is 1.58. The minimum Gasteiger partial charge on any atom is -0.316 e. The second kappa shape index (κ2) is 6.91. The Labute approximate surface area is 91.4 Å². The molecule has 1 nitrogen and oxygen atoms in total. The Hall–Kier alpha value is -0.470. The molecule has 1 N–H and O–H groups in total. The minimum atomic E-state index is 0.638. The first-order valence-corrected chi connectivity index (χ1v) is 6.21. The zero-order valence-corrected chi connectivity index (χ0v) is 9.65. The largest absolute Gasteiger partial charge is 0.316 e. The minimum absolute atomic E-state index is 0.638. The van der Waals surface area contributed by atoms with Crippen LogP contribution in [0.3, 0.4) is 0 Å². The average molecular weight is 209 g/mol. The zero-order chi connectivity index (χ0) is 10.2. The molecule has 1 unspecified atom stereocenters. The van der Waals surface area contributed by atoms with Gasteiger partial charge in [0.15, 0.2) is 0 Å². The van der Waals surface area contributed by atoms with Gasteiger partial charge in [-0.1, -0.05) is 30.9 Å². The van der Waals surface area contributed by atoms with Crippen molar-refractivity contribution in [2.75, 3.05) is 18.8 Å². The van der Waals surface area contributed by atoms with Crippen LogP contribution in [0.15, 0.2) is 36.5 Å². The van der Waals surface area contributed by atoms with E-state index in [0.717, 1.165) is 13.1 Å². The van der Waals surface area contributed by atoms with E-state index in [1.54, 1.807) is 0 Å². The van der Waals surface area contributed by atoms with Crippen molar-refractivity contribution < 1.29 is 0 Å². The lowest BCUT2D eigenvalue weighted by Gasteiger charge is -2.14. The summed E-state index contributed by atoms with van der Waals surface area (Å²) in [6.45, 7) is 8.10. The van der Waals surface area contributed by atoms with Crippen molar-refractivity contribution in [2.45, 2.75) is 18.6 Å². The number of allylic oxidation sites excluding steroid dienone is 4. The molecular weight excluding hydrogens is 190 g/mol. The Morgan fingerprint density at radius 1 is 1.50 bits per heavy atom. The summed E-state index contributed by atoms with van der Waals surface area (Å²) in [6.07, 6.45) is 9.53. The van der Waals surface area contributed by atoms with Gasteiger partial charge >= 0.3 is 0 Å². The van der Waals surface area contributed by atoms with E-state index in [4.69, 9.17) is 0 Å². The number of hydrogen-bond donors (Lipinski definition) is 1. The van der Waals surface area contributed by atoms with Gasteiger partial charge in [-0.05, 0) is 25.5 Å². The standard InChI is InChI=1S/C12H19NS/c1-3-5-11(6-4-2)12-7-8-13-9-10-14-12/h3-6,12-13H,1,7-10H2,2H3/b6-4-,11-5+. The van der Waals surface area contributed by atoms with E-state index in [1.807, 2.05) is 17.8 Å². The molecule has 0 aromatic carbocycles. The lowest BCUT2D eigenvalue weighted by atomic mass is 10.1. The SMILES string of the molecule is C=C/C=C(\C=C/C)C1CCNCCS1. The molecule has 0 aromatic rings. The van der Waals surface area contributed by atoms with Crippen LogP contribution in [-0.4, -0.2) is 24.1 Å². The smallest absolute Gasteiger partial charge is 0.0309 e. The van der Waals surface area contributed by atoms with Crippen molar-refractivity contribution in [3.8, 4) is 0 Å². The van der Waals surface area contributed by atoms with Crippen molar-refractivity contribution in [2.24, 2.45) is 0 Å². The van der Waals surface area contributed by atoms with Crippen LogP contribution in [0.5, 0.6) is 0 Å². The molecule has 0 spiro atoms. The fourth-order valence-corrected chi connectivity index (χ4v) is 2.76. The van der Waals surface area contributed by atoms with Crippen LogP contribution < -0.4 is 5.32 Å². The van der Waals surface area contributed by atoms with E-state index in [1.165, 1.54) is 17.7 Å². The van der Waals surface area contributed by atoms with E-state index in [9.17, 15) is 0 Å². The molecule has 0 amide bonds. The summed E-state index contributed by atoms with van der Waals surface area (Å²) in [5.74, 6) is 1.21. The van der Waals surface area contributed by atoms with Crippen molar-refractivity contribution in [3.05, 3.63) is 36.5 Å². The summed E-state index contributed by atoms with van der Waals surface area (Å²) in [5.41, 5.74) is 1.40. The van der Waals surface area contributed by atoms with Gasteiger partial charge < -0.3 is 5.32 Å². The molecule has 1 rings (SSSR count). The number of thioether (sulfide) groups is 1. The number of rotatable bonds is 3. The lowest BCUT2D eigenvalue weighted by molar-refractivity contribution is 0.700. The molecule has 2 heteroatoms. The summed E-state index contributed by atoms with van der Waals surface area (Å²) in [4.78, 5) is 0. The molecule has 0 aromatic heterocycles. The van der Waals surface area contributed by atoms with Crippen molar-refractivity contribution in [1.29, 1.82) is 0 Å². The maximum Gasteiger partial charge on any atom is 0.0309 e. The van der Waals surface area contributed by atoms with Gasteiger partial charge in [-0.3, -0.25) is 0 Å². The van der Waals surface area contributed by atoms with Gasteiger partial charge in [0.1, 0.15) is 0 Å². The summed E-state index contributed by atoms with van der Waals surface area (Å²) in [6, 6.07) is 0. The number of nitrogens with one attached hydrogen (secondary N) is 1. The van der Waals surface area contributed by atoms with Crippen LogP contribution in [-0.2, 0) is 0 Å². The summed E-state index contributed by atoms with van der Waals surface area (Å²) in [7, 11) is 0. The molecule has 1 heterocycles. The van der Waals surface area contributed by atoms with Gasteiger partial charge in [0.05, 0.1) is 0 Å². The maximum absolute atomic E-state index is 3.77. The predicted molar refractivity (Wildman–Crippen MR) is 66.8 cm³/mol. The fraction of sp³-hybridized carbons (Fsp3) is 0.500. The second-order valence-corrected chi connectivity index (χ2v) is 4.61. The van der Waals surface area contributed by atoms with Crippen molar-refractivity contribution in [3.63, 3.8) is 0 Å². The van der Waals surface area contributed by atoms with Crippen LogP contribution >= 0.6 is 11.8 Å². The van der Waals surface area contributed by atoms with Crippen LogP contribution in [0.25, 0.3) is 0 Å². The molecule has 78 valence electrons. The Bertz CT molecular complexity index is 222. The maximum atomic E-state index is 3.77. The van der Waals surface area contributed by atoms with E-state index in [0.29, 0.717) is 5.25 Å². The highest BCUT2D eigenvalue weighted by atomic mass is 32.2. The average Bonchev–Trinajstić information content (AvgIpc) is 2.45. The van der Waals surface area contributed by atoms with Crippen LogP contribution in [0.2, 0.25) is 0 Å². The molecule has 1 aliphatic rings. The highest BCUT2D eigenvalue weighted by Crippen LogP contribution is 2.24. The van der Waals surface area contributed by atoms with Crippen LogP contribution in [0.4, 0.5) is 0 Å². The van der Waals surface area contributed by atoms with Gasteiger partial charge in [-0.15, -0.1) is 0 Å². The van der Waals surface area contributed by atoms with Crippen molar-refractivity contribution >= 4 is 11.8 Å². The normalized spacial score (nSPS) is 24.9. The van der Waals surface area contributed by atoms with Crippen LogP contribution in [0, 0.1) is 0 Å². The van der Waals surface area contributed by atoms with E-state index < -0.39 is 0 Å². The molecule has 0 bridgehead atoms. The molecular formula is C12H19NS. The van der Waals surface area contributed by atoms with Gasteiger partial charge in [0.25, 0.3) is 0 Å². The van der Waals surface area contributed by atoms with Gasteiger partial charge in [-0.2, -0.15) is 11.8 Å². The van der Waals surface area contributed by atoms with Gasteiger partial charge in [0, 0.05) is 17.5 Å². The molecule has 0 saturated carbocycles. The number of hydrogen-bond acceptors (Lipinski definition) is 2. The lowest BCUT2D eigenvalue weighted by Crippen LogP contribution is -2.16. The summed E-state index contributed by atoms with van der Waals surface area (Å²) < 4.78 is 0. The van der Waals surface area contributed by atoms with Crippen molar-refractivity contribution in [1.82, 2.24) is 5.32 Å². The summed E-state index contributed by atoms with van der Waals surface area (Å²) in [5, 5.41) is 4.06. The molecule has 0 radical (unpaired) electrons. The third-order valence-electron chi connectivity index (χ3n) is 2.22. The molecule has 1 saturated heterocycles. The predicted octanol–water partition coefficient (Wildman–Crippen LogP) is 2.77. The molecule has 1 aliphatic heterocycles. The monoisotopic (exact) mass is 209 g/mol. The Kier molecular flexibility index (Phi) is 5.72. The van der Waals surface area contributed by atoms with Gasteiger partial charge in [-0.25, -0.2) is 0 Å². The summed E-state index contributed by atoms with van der Waals surface area (Å²) >= 11 is 2.04. The van der Waals surface area contributed by atoms with Gasteiger partial charge in [0.2, 0.25) is 0 Å². The molecule has 1 fully saturated rings. The first kappa shape index (κ1) is 11.6. The first-order valence-electron chi connectivity index (χ1n) is 5.16. The Morgan fingerprint density at radius 3 is 3.07 bits per heavy atom. The third kappa shape index (κ3) is 3.72. The van der Waals surface area contributed by atoms with Crippen LogP contribution in [0.1, 0.15) is 13.3 Å². The van der Waals surface area contributed by atoms with E-state index in [2.05, 4.69) is 37.0 Å². The topological polar surface area (TPSA) is 12.0 Å². The van der Waals surface area contributed by atoms with E-state index >= 15 is 0 Å². The molecule has 14 heavy (non-hydrogen) atoms. The first-order chi connectivity index (χ1) is 6.88. The Balaban J connectivity index is 2.65.